The summed E-state index contributed by atoms with van der Waals surface area (Å²) < 4.78 is 32.9. The van der Waals surface area contributed by atoms with E-state index in [1.54, 1.807) is 14.1 Å². The minimum atomic E-state index is -4.61. The first-order chi connectivity index (χ1) is 7.13. The zero-order chi connectivity index (χ0) is 12.9. The third-order valence-electron chi connectivity index (χ3n) is 2.03. The lowest BCUT2D eigenvalue weighted by Gasteiger charge is -2.19. The van der Waals surface area contributed by atoms with Gasteiger partial charge in [0, 0.05) is 6.04 Å². The molecule has 0 aromatic rings. The molecule has 3 N–H and O–H groups in total. The third-order valence-corrected chi connectivity index (χ3v) is 2.36. The summed E-state index contributed by atoms with van der Waals surface area (Å²) in [5.41, 5.74) is 5.02. The van der Waals surface area contributed by atoms with Crippen molar-refractivity contribution >= 4 is 16.3 Å². The van der Waals surface area contributed by atoms with E-state index in [1.165, 1.54) is 0 Å². The Bertz CT molecular complexity index is 374. The molecule has 0 fully saturated rings. The second-order valence-electron chi connectivity index (χ2n) is 3.55. The SMILES string of the molecule is CC(C/C(=C/OS(=O)(=O)O)C(N)=O)N(C)C. The zero-order valence-corrected chi connectivity index (χ0v) is 10.2. The van der Waals surface area contributed by atoms with E-state index < -0.39 is 16.3 Å². The molecule has 7 nitrogen and oxygen atoms in total. The van der Waals surface area contributed by atoms with Crippen LogP contribution in [0.15, 0.2) is 11.8 Å². The van der Waals surface area contributed by atoms with Crippen LogP contribution in [0.1, 0.15) is 13.3 Å². The Morgan fingerprint density at radius 3 is 2.38 bits per heavy atom. The fourth-order valence-electron chi connectivity index (χ4n) is 0.826. The number of nitrogens with zero attached hydrogens (tertiary/aromatic N) is 1. The van der Waals surface area contributed by atoms with E-state index in [4.69, 9.17) is 10.3 Å². The summed E-state index contributed by atoms with van der Waals surface area (Å²) in [7, 11) is -1.01. The Morgan fingerprint density at radius 1 is 1.56 bits per heavy atom. The van der Waals surface area contributed by atoms with E-state index in [1.807, 2.05) is 11.8 Å². The lowest BCUT2D eigenvalue weighted by Crippen LogP contribution is -2.28. The van der Waals surface area contributed by atoms with Crippen molar-refractivity contribution in [2.24, 2.45) is 5.73 Å². The van der Waals surface area contributed by atoms with Crippen LogP contribution in [0.2, 0.25) is 0 Å². The van der Waals surface area contributed by atoms with Crippen molar-refractivity contribution < 1.29 is 21.9 Å². The van der Waals surface area contributed by atoms with Gasteiger partial charge in [0.1, 0.15) is 6.26 Å². The van der Waals surface area contributed by atoms with E-state index >= 15 is 0 Å². The van der Waals surface area contributed by atoms with Crippen molar-refractivity contribution in [2.75, 3.05) is 14.1 Å². The Hall–Kier alpha value is -1.12. The molecule has 0 aromatic carbocycles. The van der Waals surface area contributed by atoms with Gasteiger partial charge in [0.15, 0.2) is 0 Å². The molecule has 0 aromatic heterocycles. The number of hydrogen-bond acceptors (Lipinski definition) is 5. The first-order valence-electron chi connectivity index (χ1n) is 4.44. The van der Waals surface area contributed by atoms with Crippen molar-refractivity contribution in [3.8, 4) is 0 Å². The molecular formula is C8H16N2O5S. The molecular weight excluding hydrogens is 236 g/mol. The second-order valence-corrected chi connectivity index (χ2v) is 4.60. The average molecular weight is 252 g/mol. The van der Waals surface area contributed by atoms with Gasteiger partial charge in [-0.3, -0.25) is 9.35 Å². The maximum absolute atomic E-state index is 11.0. The molecule has 94 valence electrons. The largest absolute Gasteiger partial charge is 0.445 e. The minimum Gasteiger partial charge on any atom is -0.369 e. The highest BCUT2D eigenvalue weighted by Gasteiger charge is 2.14. The Kier molecular flexibility index (Phi) is 5.42. The van der Waals surface area contributed by atoms with Gasteiger partial charge in [-0.15, -0.1) is 0 Å². The normalized spacial score (nSPS) is 14.9. The van der Waals surface area contributed by atoms with Gasteiger partial charge in [-0.1, -0.05) is 0 Å². The zero-order valence-electron chi connectivity index (χ0n) is 9.37. The van der Waals surface area contributed by atoms with Crippen LogP contribution in [0.3, 0.4) is 0 Å². The van der Waals surface area contributed by atoms with Gasteiger partial charge in [-0.05, 0) is 27.4 Å². The van der Waals surface area contributed by atoms with Crippen molar-refractivity contribution in [1.29, 1.82) is 0 Å². The monoisotopic (exact) mass is 252 g/mol. The predicted molar refractivity (Wildman–Crippen MR) is 57.7 cm³/mol. The molecule has 0 bridgehead atoms. The van der Waals surface area contributed by atoms with Crippen LogP contribution in [-0.2, 0) is 19.4 Å². The highest BCUT2D eigenvalue weighted by Crippen LogP contribution is 2.09. The molecule has 0 aliphatic rings. The highest BCUT2D eigenvalue weighted by molar-refractivity contribution is 7.81. The summed E-state index contributed by atoms with van der Waals surface area (Å²) >= 11 is 0. The van der Waals surface area contributed by atoms with Gasteiger partial charge in [-0.25, -0.2) is 0 Å². The molecule has 0 aliphatic carbocycles. The maximum atomic E-state index is 11.0. The van der Waals surface area contributed by atoms with Gasteiger partial charge in [0.05, 0.1) is 5.57 Å². The molecule has 0 heterocycles. The van der Waals surface area contributed by atoms with Gasteiger partial charge in [-0.2, -0.15) is 8.42 Å². The topological polar surface area (TPSA) is 110 Å². The minimum absolute atomic E-state index is 0.0150. The van der Waals surface area contributed by atoms with E-state index in [9.17, 15) is 13.2 Å². The molecule has 0 saturated heterocycles. The summed E-state index contributed by atoms with van der Waals surface area (Å²) in [5, 5.41) is 0. The third kappa shape index (κ3) is 6.38. The molecule has 0 aliphatic heterocycles. The number of amides is 1. The Labute approximate surface area is 94.8 Å². The number of carbonyl (C=O) groups is 1. The quantitative estimate of drug-likeness (QED) is 0.375. The van der Waals surface area contributed by atoms with Crippen LogP contribution in [0.4, 0.5) is 0 Å². The smallest absolute Gasteiger partial charge is 0.369 e. The van der Waals surface area contributed by atoms with Gasteiger partial charge in [0.2, 0.25) is 5.91 Å². The van der Waals surface area contributed by atoms with Crippen molar-refractivity contribution in [3.63, 3.8) is 0 Å². The first-order valence-corrected chi connectivity index (χ1v) is 5.81. The Balaban J connectivity index is 4.70. The number of primary amides is 1. The second kappa shape index (κ2) is 5.83. The molecule has 0 rings (SSSR count). The fraction of sp³-hybridized carbons (Fsp3) is 0.625. The predicted octanol–water partition coefficient (Wildman–Crippen LogP) is -0.485. The van der Waals surface area contributed by atoms with E-state index in [2.05, 4.69) is 4.18 Å². The Morgan fingerprint density at radius 2 is 2.06 bits per heavy atom. The average Bonchev–Trinajstić information content (AvgIpc) is 2.09. The van der Waals surface area contributed by atoms with E-state index in [-0.39, 0.29) is 18.0 Å². The van der Waals surface area contributed by atoms with Crippen molar-refractivity contribution in [1.82, 2.24) is 4.90 Å². The molecule has 1 atom stereocenters. The number of rotatable bonds is 6. The van der Waals surface area contributed by atoms with E-state index in [0.29, 0.717) is 6.26 Å². The van der Waals surface area contributed by atoms with Crippen LogP contribution in [0.5, 0.6) is 0 Å². The van der Waals surface area contributed by atoms with Crippen molar-refractivity contribution in [2.45, 2.75) is 19.4 Å². The van der Waals surface area contributed by atoms with Crippen LogP contribution < -0.4 is 5.73 Å². The van der Waals surface area contributed by atoms with Crippen molar-refractivity contribution in [3.05, 3.63) is 11.8 Å². The summed E-state index contributed by atoms with van der Waals surface area (Å²) in [6.45, 7) is 1.82. The lowest BCUT2D eigenvalue weighted by molar-refractivity contribution is -0.114. The summed E-state index contributed by atoms with van der Waals surface area (Å²) in [4.78, 5) is 12.8. The standard InChI is InChI=1S/C8H16N2O5S/c1-6(10(2)3)4-7(8(9)11)5-15-16(12,13)14/h5-6H,4H2,1-3H3,(H2,9,11)(H,12,13,14)/b7-5-. The summed E-state index contributed by atoms with van der Waals surface area (Å²) in [6, 6.07) is -0.0243. The molecule has 1 amide bonds. The van der Waals surface area contributed by atoms with Crippen LogP contribution in [0, 0.1) is 0 Å². The molecule has 0 spiro atoms. The summed E-state index contributed by atoms with van der Waals surface area (Å²) in [5.74, 6) is -0.794. The first kappa shape index (κ1) is 14.9. The maximum Gasteiger partial charge on any atom is 0.445 e. The van der Waals surface area contributed by atoms with Gasteiger partial charge < -0.3 is 14.8 Å². The van der Waals surface area contributed by atoms with Gasteiger partial charge >= 0.3 is 10.4 Å². The molecule has 0 radical (unpaired) electrons. The molecule has 0 saturated carbocycles. The van der Waals surface area contributed by atoms with Gasteiger partial charge in [0.25, 0.3) is 0 Å². The van der Waals surface area contributed by atoms with Crippen LogP contribution in [0.25, 0.3) is 0 Å². The van der Waals surface area contributed by atoms with Crippen LogP contribution >= 0.6 is 0 Å². The fourth-order valence-corrected chi connectivity index (χ4v) is 1.06. The molecule has 16 heavy (non-hydrogen) atoms. The molecule has 8 heteroatoms. The number of hydrogen-bond donors (Lipinski definition) is 2. The number of nitrogens with two attached hydrogens (primary N) is 1. The van der Waals surface area contributed by atoms with Crippen LogP contribution in [-0.4, -0.2) is 43.9 Å². The lowest BCUT2D eigenvalue weighted by atomic mass is 10.1. The number of carbonyl (C=O) groups excluding carboxylic acids is 1. The van der Waals surface area contributed by atoms with E-state index in [0.717, 1.165) is 0 Å². The molecule has 1 unspecified atom stereocenters. The summed E-state index contributed by atoms with van der Waals surface area (Å²) in [6.07, 6.45) is 0.871. The highest BCUT2D eigenvalue weighted by atomic mass is 32.3.